The van der Waals surface area contributed by atoms with Gasteiger partial charge < -0.3 is 9.47 Å². The number of hydrogen-bond acceptors (Lipinski definition) is 5. The van der Waals surface area contributed by atoms with Crippen LogP contribution in [0.15, 0.2) is 36.7 Å². The van der Waals surface area contributed by atoms with Crippen LogP contribution in [0.1, 0.15) is 47.2 Å². The first-order chi connectivity index (χ1) is 14.9. The van der Waals surface area contributed by atoms with Crippen molar-refractivity contribution < 1.29 is 22.4 Å². The number of carbonyl (C=O) groups is 1. The molecule has 3 aromatic heterocycles. The number of pyridine rings is 2. The zero-order chi connectivity index (χ0) is 21.8. The van der Waals surface area contributed by atoms with Gasteiger partial charge >= 0.3 is 6.18 Å². The standard InChI is InChI=1S/C20H16F4N6O/c21-15-12(7-9-26-16(15)20(22,23)24)19(31)30-11-4-3-6-14(30)18-28-27-17(29(18)10-11)13-5-1-2-8-25-13/h1-2,5,7-9,11,14H,3-4,6,10H2/t11-,14+/m1/s1. The third-order valence-electron chi connectivity index (χ3n) is 5.73. The summed E-state index contributed by atoms with van der Waals surface area (Å²) >= 11 is 0. The normalized spacial score (nSPS) is 20.5. The topological polar surface area (TPSA) is 76.8 Å². The Kier molecular flexibility index (Phi) is 4.49. The van der Waals surface area contributed by atoms with Gasteiger partial charge in [-0.15, -0.1) is 10.2 Å². The van der Waals surface area contributed by atoms with Crippen molar-refractivity contribution in [1.82, 2.24) is 29.6 Å². The lowest BCUT2D eigenvalue weighted by molar-refractivity contribution is -0.143. The molecule has 31 heavy (non-hydrogen) atoms. The van der Waals surface area contributed by atoms with E-state index in [1.807, 2.05) is 10.6 Å². The number of piperidine rings is 1. The van der Waals surface area contributed by atoms with E-state index in [9.17, 15) is 22.4 Å². The number of alkyl halides is 3. The molecule has 0 aromatic carbocycles. The summed E-state index contributed by atoms with van der Waals surface area (Å²) < 4.78 is 55.7. The maximum Gasteiger partial charge on any atom is 0.436 e. The number of carbonyl (C=O) groups excluding carboxylic acids is 1. The fraction of sp³-hybridized carbons (Fsp3) is 0.350. The van der Waals surface area contributed by atoms with Crippen molar-refractivity contribution in [3.8, 4) is 11.5 Å². The molecule has 0 spiro atoms. The summed E-state index contributed by atoms with van der Waals surface area (Å²) in [6.07, 6.45) is -0.531. The van der Waals surface area contributed by atoms with Gasteiger partial charge in [0, 0.05) is 18.9 Å². The van der Waals surface area contributed by atoms with Crippen LogP contribution in [0.3, 0.4) is 0 Å². The van der Waals surface area contributed by atoms with Gasteiger partial charge in [-0.25, -0.2) is 9.37 Å². The molecule has 1 saturated heterocycles. The highest BCUT2D eigenvalue weighted by molar-refractivity contribution is 5.95. The van der Waals surface area contributed by atoms with Gasteiger partial charge in [0.2, 0.25) is 0 Å². The predicted octanol–water partition coefficient (Wildman–Crippen LogP) is 3.64. The molecule has 0 unspecified atom stereocenters. The van der Waals surface area contributed by atoms with Crippen LogP contribution in [-0.4, -0.2) is 41.6 Å². The van der Waals surface area contributed by atoms with Crippen LogP contribution in [0.2, 0.25) is 0 Å². The third kappa shape index (κ3) is 3.15. The van der Waals surface area contributed by atoms with Crippen molar-refractivity contribution in [2.75, 3.05) is 0 Å². The Morgan fingerprint density at radius 3 is 2.65 bits per heavy atom. The summed E-state index contributed by atoms with van der Waals surface area (Å²) in [5.41, 5.74) is -1.70. The first-order valence-electron chi connectivity index (χ1n) is 9.75. The summed E-state index contributed by atoms with van der Waals surface area (Å²) in [6, 6.07) is 5.57. The van der Waals surface area contributed by atoms with Crippen LogP contribution in [0.5, 0.6) is 0 Å². The molecule has 7 nitrogen and oxygen atoms in total. The van der Waals surface area contributed by atoms with Gasteiger partial charge in [-0.05, 0) is 37.5 Å². The van der Waals surface area contributed by atoms with Crippen molar-refractivity contribution >= 4 is 5.91 Å². The van der Waals surface area contributed by atoms with E-state index in [1.54, 1.807) is 18.3 Å². The molecule has 160 valence electrons. The van der Waals surface area contributed by atoms with Crippen molar-refractivity contribution in [1.29, 1.82) is 0 Å². The number of amides is 1. The minimum absolute atomic E-state index is 0.320. The van der Waals surface area contributed by atoms with Crippen LogP contribution in [0.4, 0.5) is 17.6 Å². The van der Waals surface area contributed by atoms with Crippen LogP contribution < -0.4 is 0 Å². The maximum atomic E-state index is 14.6. The largest absolute Gasteiger partial charge is 0.436 e. The monoisotopic (exact) mass is 432 g/mol. The van der Waals surface area contributed by atoms with E-state index < -0.39 is 35.2 Å². The Bertz CT molecular complexity index is 1150. The summed E-state index contributed by atoms with van der Waals surface area (Å²) in [7, 11) is 0. The average molecular weight is 432 g/mol. The zero-order valence-electron chi connectivity index (χ0n) is 16.1. The molecule has 5 heterocycles. The first kappa shape index (κ1) is 19.6. The number of halogens is 4. The predicted molar refractivity (Wildman–Crippen MR) is 99.0 cm³/mol. The molecular weight excluding hydrogens is 416 g/mol. The van der Waals surface area contributed by atoms with Crippen molar-refractivity contribution in [2.45, 2.75) is 44.1 Å². The molecule has 2 aliphatic rings. The molecular formula is C20H16F4N6O. The highest BCUT2D eigenvalue weighted by atomic mass is 19.4. The van der Waals surface area contributed by atoms with E-state index in [-0.39, 0.29) is 6.04 Å². The molecule has 0 radical (unpaired) electrons. The number of aromatic nitrogens is 5. The summed E-state index contributed by atoms with van der Waals surface area (Å²) in [4.78, 5) is 22.1. The lowest BCUT2D eigenvalue weighted by atomic mass is 9.91. The molecule has 2 aliphatic heterocycles. The number of nitrogens with zero attached hydrogens (tertiary/aromatic N) is 6. The first-order valence-corrected chi connectivity index (χ1v) is 9.75. The Morgan fingerprint density at radius 2 is 1.90 bits per heavy atom. The van der Waals surface area contributed by atoms with Gasteiger partial charge in [0.15, 0.2) is 23.2 Å². The van der Waals surface area contributed by atoms with Crippen LogP contribution >= 0.6 is 0 Å². The SMILES string of the molecule is O=C(c1ccnc(C(F)(F)F)c1F)N1[C@@H]2CCC[C@H]1c1nnc(-c3ccccn3)n1C2. The summed E-state index contributed by atoms with van der Waals surface area (Å²) in [5.74, 6) is -1.36. The highest BCUT2D eigenvalue weighted by Gasteiger charge is 2.45. The molecule has 0 N–H and O–H groups in total. The van der Waals surface area contributed by atoms with Crippen LogP contribution in [-0.2, 0) is 12.7 Å². The number of hydrogen-bond donors (Lipinski definition) is 0. The lowest BCUT2D eigenvalue weighted by Gasteiger charge is -2.45. The van der Waals surface area contributed by atoms with Gasteiger partial charge in [0.05, 0.1) is 17.6 Å². The van der Waals surface area contributed by atoms with Gasteiger partial charge in [-0.3, -0.25) is 9.78 Å². The summed E-state index contributed by atoms with van der Waals surface area (Å²) in [6.45, 7) is 0.356. The summed E-state index contributed by atoms with van der Waals surface area (Å²) in [5, 5.41) is 8.49. The number of rotatable bonds is 2. The van der Waals surface area contributed by atoms with E-state index in [0.29, 0.717) is 36.7 Å². The second-order valence-corrected chi connectivity index (χ2v) is 7.54. The molecule has 1 amide bonds. The van der Waals surface area contributed by atoms with E-state index >= 15 is 0 Å². The third-order valence-corrected chi connectivity index (χ3v) is 5.73. The molecule has 3 aromatic rings. The second-order valence-electron chi connectivity index (χ2n) is 7.54. The van der Waals surface area contributed by atoms with Crippen molar-refractivity contribution in [3.05, 3.63) is 59.6 Å². The van der Waals surface area contributed by atoms with E-state index in [4.69, 9.17) is 0 Å². The van der Waals surface area contributed by atoms with E-state index in [0.717, 1.165) is 18.7 Å². The lowest BCUT2D eigenvalue weighted by Crippen LogP contribution is -2.52. The quantitative estimate of drug-likeness (QED) is 0.578. The number of fused-ring (bicyclic) bond motifs is 4. The minimum Gasteiger partial charge on any atom is -0.324 e. The molecule has 2 bridgehead atoms. The Balaban J connectivity index is 1.55. The van der Waals surface area contributed by atoms with Crippen LogP contribution in [0, 0.1) is 5.82 Å². The van der Waals surface area contributed by atoms with E-state index in [2.05, 4.69) is 20.2 Å². The fourth-order valence-corrected chi connectivity index (χ4v) is 4.40. The molecule has 5 rings (SSSR count). The molecule has 2 atom stereocenters. The zero-order valence-corrected chi connectivity index (χ0v) is 16.1. The maximum absolute atomic E-state index is 14.6. The van der Waals surface area contributed by atoms with Crippen molar-refractivity contribution in [2.24, 2.45) is 0 Å². The Hall–Kier alpha value is -3.37. The molecule has 11 heteroatoms. The molecule has 0 aliphatic carbocycles. The van der Waals surface area contributed by atoms with Crippen molar-refractivity contribution in [3.63, 3.8) is 0 Å². The average Bonchev–Trinajstić information content (AvgIpc) is 3.16. The van der Waals surface area contributed by atoms with Crippen LogP contribution in [0.25, 0.3) is 11.5 Å². The Morgan fingerprint density at radius 1 is 1.06 bits per heavy atom. The fourth-order valence-electron chi connectivity index (χ4n) is 4.40. The van der Waals surface area contributed by atoms with E-state index in [1.165, 1.54) is 4.90 Å². The Labute approximate surface area is 173 Å². The van der Waals surface area contributed by atoms with Gasteiger partial charge in [-0.1, -0.05) is 6.07 Å². The second kappa shape index (κ2) is 7.10. The molecule has 1 fully saturated rings. The van der Waals surface area contributed by atoms with Gasteiger partial charge in [0.1, 0.15) is 5.69 Å². The van der Waals surface area contributed by atoms with Gasteiger partial charge in [-0.2, -0.15) is 13.2 Å². The molecule has 0 saturated carbocycles. The van der Waals surface area contributed by atoms with Gasteiger partial charge in [0.25, 0.3) is 5.91 Å². The smallest absolute Gasteiger partial charge is 0.324 e. The minimum atomic E-state index is -4.99. The highest BCUT2D eigenvalue weighted by Crippen LogP contribution is 2.41.